The summed E-state index contributed by atoms with van der Waals surface area (Å²) in [5, 5.41) is 6.55. The highest BCUT2D eigenvalue weighted by Crippen LogP contribution is 2.36. The number of carbonyl (C=O) groups is 1. The van der Waals surface area contributed by atoms with Gasteiger partial charge in [0.05, 0.1) is 24.9 Å². The molecule has 0 radical (unpaired) electrons. The second-order valence-electron chi connectivity index (χ2n) is 4.80. The second kappa shape index (κ2) is 6.81. The number of methoxy groups -OCH3 is 2. The van der Waals surface area contributed by atoms with E-state index in [0.29, 0.717) is 34.5 Å². The van der Waals surface area contributed by atoms with Crippen LogP contribution >= 0.6 is 11.6 Å². The summed E-state index contributed by atoms with van der Waals surface area (Å²) in [7, 11) is 3.07. The van der Waals surface area contributed by atoms with Crippen LogP contribution in [0, 0.1) is 5.92 Å². The van der Waals surface area contributed by atoms with E-state index in [0.717, 1.165) is 19.5 Å². The zero-order valence-electron chi connectivity index (χ0n) is 11.7. The fourth-order valence-corrected chi connectivity index (χ4v) is 2.54. The number of ether oxygens (including phenoxy) is 2. The summed E-state index contributed by atoms with van der Waals surface area (Å²) in [6, 6.07) is 3.30. The highest BCUT2D eigenvalue weighted by atomic mass is 35.5. The van der Waals surface area contributed by atoms with Gasteiger partial charge in [-0.25, -0.2) is 0 Å². The maximum Gasteiger partial charge on any atom is 0.224 e. The number of nitrogens with one attached hydrogen (secondary N) is 2. The molecule has 1 aromatic rings. The highest BCUT2D eigenvalue weighted by molar-refractivity contribution is 6.32. The molecule has 0 spiro atoms. The van der Waals surface area contributed by atoms with Gasteiger partial charge in [-0.2, -0.15) is 0 Å². The van der Waals surface area contributed by atoms with Crippen LogP contribution in [0.5, 0.6) is 11.5 Å². The average Bonchev–Trinajstić information content (AvgIpc) is 2.92. The van der Waals surface area contributed by atoms with E-state index < -0.39 is 0 Å². The number of amides is 1. The molecule has 1 aromatic carbocycles. The Kier molecular flexibility index (Phi) is 5.09. The summed E-state index contributed by atoms with van der Waals surface area (Å²) in [4.78, 5) is 12.1. The molecular formula is C14H19ClN2O3. The molecule has 1 aliphatic heterocycles. The standard InChI is InChI=1S/C14H19ClN2O3/c1-19-12-7-11(13(20-2)6-10(12)15)17-14(18)5-9-3-4-16-8-9/h6-7,9,16H,3-5,8H2,1-2H3,(H,17,18). The molecule has 0 bridgehead atoms. The van der Waals surface area contributed by atoms with E-state index in [1.165, 1.54) is 14.2 Å². The Labute approximate surface area is 123 Å². The van der Waals surface area contributed by atoms with Crippen LogP contribution < -0.4 is 20.1 Å². The Morgan fingerprint density at radius 2 is 2.15 bits per heavy atom. The maximum atomic E-state index is 12.1. The normalized spacial score (nSPS) is 17.9. The van der Waals surface area contributed by atoms with Crippen molar-refractivity contribution in [3.8, 4) is 11.5 Å². The molecule has 1 unspecified atom stereocenters. The molecule has 1 atom stereocenters. The summed E-state index contributed by atoms with van der Waals surface area (Å²) < 4.78 is 10.4. The van der Waals surface area contributed by atoms with Crippen molar-refractivity contribution in [2.24, 2.45) is 5.92 Å². The van der Waals surface area contributed by atoms with Gasteiger partial charge < -0.3 is 20.1 Å². The minimum Gasteiger partial charge on any atom is -0.495 e. The molecule has 20 heavy (non-hydrogen) atoms. The molecule has 1 saturated heterocycles. The molecule has 0 saturated carbocycles. The van der Waals surface area contributed by atoms with E-state index in [2.05, 4.69) is 10.6 Å². The lowest BCUT2D eigenvalue weighted by Gasteiger charge is -2.14. The van der Waals surface area contributed by atoms with Crippen LogP contribution in [0.3, 0.4) is 0 Å². The predicted octanol–water partition coefficient (Wildman–Crippen LogP) is 2.30. The van der Waals surface area contributed by atoms with Crippen molar-refractivity contribution >= 4 is 23.2 Å². The minimum absolute atomic E-state index is 0.0265. The van der Waals surface area contributed by atoms with Gasteiger partial charge >= 0.3 is 0 Å². The lowest BCUT2D eigenvalue weighted by Crippen LogP contribution is -2.18. The van der Waals surface area contributed by atoms with Crippen LogP contribution in [0.2, 0.25) is 5.02 Å². The molecule has 0 aromatic heterocycles. The predicted molar refractivity (Wildman–Crippen MR) is 78.8 cm³/mol. The Balaban J connectivity index is 2.08. The Bertz CT molecular complexity index is 488. The van der Waals surface area contributed by atoms with Crippen molar-refractivity contribution < 1.29 is 14.3 Å². The molecule has 1 fully saturated rings. The van der Waals surface area contributed by atoms with Gasteiger partial charge in [0.25, 0.3) is 0 Å². The largest absolute Gasteiger partial charge is 0.495 e. The zero-order valence-corrected chi connectivity index (χ0v) is 12.4. The molecule has 0 aliphatic carbocycles. The summed E-state index contributed by atoms with van der Waals surface area (Å²) in [6.45, 7) is 1.88. The fraction of sp³-hybridized carbons (Fsp3) is 0.500. The van der Waals surface area contributed by atoms with Gasteiger partial charge in [-0.1, -0.05) is 11.6 Å². The van der Waals surface area contributed by atoms with E-state index in [4.69, 9.17) is 21.1 Å². The molecule has 1 amide bonds. The minimum atomic E-state index is -0.0265. The number of hydrogen-bond acceptors (Lipinski definition) is 4. The van der Waals surface area contributed by atoms with Gasteiger partial charge in [0.1, 0.15) is 11.5 Å². The van der Waals surface area contributed by atoms with Crippen molar-refractivity contribution in [1.82, 2.24) is 5.32 Å². The third-order valence-corrected chi connectivity index (χ3v) is 3.68. The van der Waals surface area contributed by atoms with Crippen LogP contribution in [0.15, 0.2) is 12.1 Å². The summed E-state index contributed by atoms with van der Waals surface area (Å²) in [6.07, 6.45) is 1.54. The van der Waals surface area contributed by atoms with Gasteiger partial charge in [-0.15, -0.1) is 0 Å². The lowest BCUT2D eigenvalue weighted by atomic mass is 10.0. The van der Waals surface area contributed by atoms with Crippen molar-refractivity contribution in [3.63, 3.8) is 0 Å². The number of carbonyl (C=O) groups excluding carboxylic acids is 1. The highest BCUT2D eigenvalue weighted by Gasteiger charge is 2.19. The third kappa shape index (κ3) is 3.55. The first kappa shape index (κ1) is 14.9. The summed E-state index contributed by atoms with van der Waals surface area (Å²) in [5.74, 6) is 1.40. The molecule has 110 valence electrons. The fourth-order valence-electron chi connectivity index (χ4n) is 2.31. The first-order valence-electron chi connectivity index (χ1n) is 6.56. The van der Waals surface area contributed by atoms with Gasteiger partial charge in [-0.3, -0.25) is 4.79 Å². The molecule has 1 heterocycles. The smallest absolute Gasteiger partial charge is 0.224 e. The van der Waals surface area contributed by atoms with E-state index in [1.807, 2.05) is 0 Å². The van der Waals surface area contributed by atoms with E-state index in [9.17, 15) is 4.79 Å². The topological polar surface area (TPSA) is 59.6 Å². The SMILES string of the molecule is COc1cc(NC(=O)CC2CCNC2)c(OC)cc1Cl. The van der Waals surface area contributed by atoms with E-state index in [1.54, 1.807) is 12.1 Å². The number of benzene rings is 1. The summed E-state index contributed by atoms with van der Waals surface area (Å²) >= 11 is 6.03. The first-order valence-corrected chi connectivity index (χ1v) is 6.94. The molecule has 2 rings (SSSR count). The number of rotatable bonds is 5. The Morgan fingerprint density at radius 1 is 1.40 bits per heavy atom. The van der Waals surface area contributed by atoms with Crippen LogP contribution in [0.25, 0.3) is 0 Å². The average molecular weight is 299 g/mol. The molecule has 1 aliphatic rings. The monoisotopic (exact) mass is 298 g/mol. The van der Waals surface area contributed by atoms with Gasteiger partial charge in [-0.05, 0) is 25.4 Å². The Morgan fingerprint density at radius 3 is 2.75 bits per heavy atom. The molecule has 2 N–H and O–H groups in total. The van der Waals surface area contributed by atoms with Crippen LogP contribution in [-0.4, -0.2) is 33.2 Å². The molecule has 5 nitrogen and oxygen atoms in total. The Hall–Kier alpha value is -1.46. The molecule has 6 heteroatoms. The quantitative estimate of drug-likeness (QED) is 0.876. The van der Waals surface area contributed by atoms with Crippen LogP contribution in [-0.2, 0) is 4.79 Å². The maximum absolute atomic E-state index is 12.1. The van der Waals surface area contributed by atoms with Crippen molar-refractivity contribution in [2.75, 3.05) is 32.6 Å². The number of anilines is 1. The lowest BCUT2D eigenvalue weighted by molar-refractivity contribution is -0.117. The number of halogens is 1. The zero-order chi connectivity index (χ0) is 14.5. The van der Waals surface area contributed by atoms with Crippen molar-refractivity contribution in [2.45, 2.75) is 12.8 Å². The second-order valence-corrected chi connectivity index (χ2v) is 5.21. The van der Waals surface area contributed by atoms with E-state index >= 15 is 0 Å². The van der Waals surface area contributed by atoms with Gasteiger partial charge in [0.15, 0.2) is 0 Å². The van der Waals surface area contributed by atoms with Crippen LogP contribution in [0.1, 0.15) is 12.8 Å². The first-order chi connectivity index (χ1) is 9.63. The molecular weight excluding hydrogens is 280 g/mol. The summed E-state index contributed by atoms with van der Waals surface area (Å²) in [5.41, 5.74) is 0.574. The van der Waals surface area contributed by atoms with E-state index in [-0.39, 0.29) is 5.91 Å². The van der Waals surface area contributed by atoms with Crippen molar-refractivity contribution in [3.05, 3.63) is 17.2 Å². The van der Waals surface area contributed by atoms with Crippen LogP contribution in [0.4, 0.5) is 5.69 Å². The van der Waals surface area contributed by atoms with Gasteiger partial charge in [0, 0.05) is 18.6 Å². The van der Waals surface area contributed by atoms with Crippen molar-refractivity contribution in [1.29, 1.82) is 0 Å². The van der Waals surface area contributed by atoms with Gasteiger partial charge in [0.2, 0.25) is 5.91 Å². The third-order valence-electron chi connectivity index (χ3n) is 3.38. The number of hydrogen-bond donors (Lipinski definition) is 2.